The van der Waals surface area contributed by atoms with Crippen molar-refractivity contribution in [2.75, 3.05) is 32.8 Å². The van der Waals surface area contributed by atoms with Gasteiger partial charge >= 0.3 is 0 Å². The van der Waals surface area contributed by atoms with E-state index in [1.165, 1.54) is 0 Å². The first kappa shape index (κ1) is 16.3. The summed E-state index contributed by atoms with van der Waals surface area (Å²) in [7, 11) is 0. The second kappa shape index (κ2) is 7.32. The number of hydrogen-bond donors (Lipinski definition) is 1. The van der Waals surface area contributed by atoms with Gasteiger partial charge in [-0.1, -0.05) is 6.07 Å². The van der Waals surface area contributed by atoms with Gasteiger partial charge in [0.15, 0.2) is 0 Å². The zero-order valence-corrected chi connectivity index (χ0v) is 13.8. The van der Waals surface area contributed by atoms with Gasteiger partial charge in [0.05, 0.1) is 12.7 Å². The minimum atomic E-state index is -0.194. The maximum Gasteiger partial charge on any atom is 0.254 e. The van der Waals surface area contributed by atoms with E-state index in [9.17, 15) is 9.90 Å². The summed E-state index contributed by atoms with van der Waals surface area (Å²) in [5.41, 5.74) is 0.685. The molecule has 1 aliphatic carbocycles. The second-order valence-corrected chi connectivity index (χ2v) is 6.35. The largest absolute Gasteiger partial charge is 0.494 e. The molecule has 1 aromatic carbocycles. The molecule has 2 aliphatic rings. The smallest absolute Gasteiger partial charge is 0.254 e. The Labute approximate surface area is 137 Å². The minimum Gasteiger partial charge on any atom is -0.494 e. The van der Waals surface area contributed by atoms with Crippen LogP contribution in [-0.4, -0.2) is 65.7 Å². The van der Waals surface area contributed by atoms with E-state index < -0.39 is 0 Å². The molecule has 1 saturated carbocycles. The predicted octanol–water partition coefficient (Wildman–Crippen LogP) is 1.76. The molecule has 0 aromatic heterocycles. The van der Waals surface area contributed by atoms with Crippen molar-refractivity contribution in [1.29, 1.82) is 0 Å². The highest BCUT2D eigenvalue weighted by Crippen LogP contribution is 2.25. The highest BCUT2D eigenvalue weighted by atomic mass is 16.5. The van der Waals surface area contributed by atoms with Gasteiger partial charge in [-0.05, 0) is 44.4 Å². The quantitative estimate of drug-likeness (QED) is 0.919. The number of carbonyl (C=O) groups is 1. The number of carbonyl (C=O) groups excluding carboxylic acids is 1. The lowest BCUT2D eigenvalue weighted by Crippen LogP contribution is -2.53. The average molecular weight is 318 g/mol. The topological polar surface area (TPSA) is 53.0 Å². The first-order valence-electron chi connectivity index (χ1n) is 8.63. The van der Waals surface area contributed by atoms with Gasteiger partial charge in [-0.25, -0.2) is 0 Å². The number of rotatable bonds is 4. The summed E-state index contributed by atoms with van der Waals surface area (Å²) in [6.07, 6.45) is 2.90. The summed E-state index contributed by atoms with van der Waals surface area (Å²) in [6.45, 7) is 5.67. The van der Waals surface area contributed by atoms with Crippen LogP contribution in [0, 0.1) is 0 Å². The fourth-order valence-corrected chi connectivity index (χ4v) is 3.67. The van der Waals surface area contributed by atoms with Gasteiger partial charge < -0.3 is 14.7 Å². The number of piperazine rings is 1. The monoisotopic (exact) mass is 318 g/mol. The molecule has 5 heteroatoms. The number of hydrogen-bond acceptors (Lipinski definition) is 4. The number of nitrogens with zero attached hydrogens (tertiary/aromatic N) is 2. The Morgan fingerprint density at radius 1 is 1.26 bits per heavy atom. The van der Waals surface area contributed by atoms with Crippen molar-refractivity contribution in [3.05, 3.63) is 29.8 Å². The molecule has 126 valence electrons. The predicted molar refractivity (Wildman–Crippen MR) is 88.7 cm³/mol. The molecule has 2 atom stereocenters. The van der Waals surface area contributed by atoms with Crippen molar-refractivity contribution in [3.63, 3.8) is 0 Å². The number of aliphatic hydroxyl groups is 1. The number of benzene rings is 1. The van der Waals surface area contributed by atoms with Crippen LogP contribution in [0.1, 0.15) is 36.5 Å². The Morgan fingerprint density at radius 2 is 2.04 bits per heavy atom. The molecule has 1 saturated heterocycles. The Balaban J connectivity index is 1.58. The average Bonchev–Trinajstić information content (AvgIpc) is 3.01. The van der Waals surface area contributed by atoms with E-state index in [-0.39, 0.29) is 18.1 Å². The third-order valence-corrected chi connectivity index (χ3v) is 4.91. The molecule has 1 amide bonds. The first-order chi connectivity index (χ1) is 11.2. The lowest BCUT2D eigenvalue weighted by atomic mass is 10.1. The Hall–Kier alpha value is -1.59. The maximum atomic E-state index is 12.7. The van der Waals surface area contributed by atoms with Crippen LogP contribution in [0.2, 0.25) is 0 Å². The molecule has 5 nitrogen and oxygen atoms in total. The molecule has 2 fully saturated rings. The van der Waals surface area contributed by atoms with Gasteiger partial charge in [-0.2, -0.15) is 0 Å². The molecule has 0 spiro atoms. The summed E-state index contributed by atoms with van der Waals surface area (Å²) in [5, 5.41) is 10.0. The van der Waals surface area contributed by atoms with Crippen LogP contribution in [-0.2, 0) is 0 Å². The Bertz CT molecular complexity index is 541. The van der Waals surface area contributed by atoms with Crippen LogP contribution in [0.4, 0.5) is 0 Å². The summed E-state index contributed by atoms with van der Waals surface area (Å²) in [6, 6.07) is 7.69. The molecular weight excluding hydrogens is 292 g/mol. The van der Waals surface area contributed by atoms with E-state index in [1.807, 2.05) is 36.1 Å². The molecule has 0 radical (unpaired) electrons. The van der Waals surface area contributed by atoms with Crippen LogP contribution in [0.25, 0.3) is 0 Å². The molecule has 1 heterocycles. The van der Waals surface area contributed by atoms with Crippen LogP contribution in [0.15, 0.2) is 24.3 Å². The Kier molecular flexibility index (Phi) is 5.18. The van der Waals surface area contributed by atoms with Crippen molar-refractivity contribution < 1.29 is 14.6 Å². The van der Waals surface area contributed by atoms with Gasteiger partial charge in [0, 0.05) is 37.8 Å². The van der Waals surface area contributed by atoms with E-state index in [0.29, 0.717) is 12.2 Å². The molecule has 1 aromatic rings. The highest BCUT2D eigenvalue weighted by Gasteiger charge is 2.33. The van der Waals surface area contributed by atoms with Gasteiger partial charge in [-0.15, -0.1) is 0 Å². The molecule has 1 N–H and O–H groups in total. The lowest BCUT2D eigenvalue weighted by Gasteiger charge is -2.39. The van der Waals surface area contributed by atoms with Crippen LogP contribution >= 0.6 is 0 Å². The zero-order valence-electron chi connectivity index (χ0n) is 13.8. The van der Waals surface area contributed by atoms with Gasteiger partial charge in [0.2, 0.25) is 0 Å². The van der Waals surface area contributed by atoms with Crippen molar-refractivity contribution >= 4 is 5.91 Å². The van der Waals surface area contributed by atoms with E-state index in [2.05, 4.69) is 4.90 Å². The third kappa shape index (κ3) is 3.67. The van der Waals surface area contributed by atoms with E-state index >= 15 is 0 Å². The van der Waals surface area contributed by atoms with Gasteiger partial charge in [-0.3, -0.25) is 9.69 Å². The van der Waals surface area contributed by atoms with E-state index in [0.717, 1.165) is 51.2 Å². The maximum absolute atomic E-state index is 12.7. The highest BCUT2D eigenvalue weighted by molar-refractivity contribution is 5.94. The fourth-order valence-electron chi connectivity index (χ4n) is 3.67. The summed E-state index contributed by atoms with van der Waals surface area (Å²) < 4.78 is 5.47. The zero-order chi connectivity index (χ0) is 16.2. The molecule has 3 rings (SSSR count). The van der Waals surface area contributed by atoms with Crippen LogP contribution < -0.4 is 4.74 Å². The molecule has 2 unspecified atom stereocenters. The lowest BCUT2D eigenvalue weighted by molar-refractivity contribution is 0.0315. The fraction of sp³-hybridized carbons (Fsp3) is 0.611. The normalized spacial score (nSPS) is 25.6. The number of aliphatic hydroxyl groups excluding tert-OH is 1. The van der Waals surface area contributed by atoms with Crippen LogP contribution in [0.5, 0.6) is 5.75 Å². The SMILES string of the molecule is CCOc1cccc(C(=O)N2CCN(C3CCCC3O)CC2)c1. The van der Waals surface area contributed by atoms with Gasteiger partial charge in [0.25, 0.3) is 5.91 Å². The summed E-state index contributed by atoms with van der Waals surface area (Å²) in [5.74, 6) is 0.809. The van der Waals surface area contributed by atoms with Crippen molar-refractivity contribution in [3.8, 4) is 5.75 Å². The molecule has 23 heavy (non-hydrogen) atoms. The molecule has 0 bridgehead atoms. The van der Waals surface area contributed by atoms with Crippen molar-refractivity contribution in [2.24, 2.45) is 0 Å². The third-order valence-electron chi connectivity index (χ3n) is 4.91. The summed E-state index contributed by atoms with van der Waals surface area (Å²) in [4.78, 5) is 16.9. The second-order valence-electron chi connectivity index (χ2n) is 6.35. The standard InChI is InChI=1S/C18H26N2O3/c1-2-23-15-6-3-5-14(13-15)18(22)20-11-9-19(10-12-20)16-7-4-8-17(16)21/h3,5-6,13,16-17,21H,2,4,7-12H2,1H3. The Morgan fingerprint density at radius 3 is 2.70 bits per heavy atom. The van der Waals surface area contributed by atoms with E-state index in [1.54, 1.807) is 0 Å². The van der Waals surface area contributed by atoms with Crippen LogP contribution in [0.3, 0.4) is 0 Å². The number of amides is 1. The molecule has 1 aliphatic heterocycles. The number of ether oxygens (including phenoxy) is 1. The first-order valence-corrected chi connectivity index (χ1v) is 8.63. The summed E-state index contributed by atoms with van der Waals surface area (Å²) >= 11 is 0. The van der Waals surface area contributed by atoms with E-state index in [4.69, 9.17) is 4.74 Å². The minimum absolute atomic E-state index is 0.0678. The van der Waals surface area contributed by atoms with Gasteiger partial charge in [0.1, 0.15) is 5.75 Å². The van der Waals surface area contributed by atoms with Crippen molar-refractivity contribution in [1.82, 2.24) is 9.80 Å². The molecular formula is C18H26N2O3. The van der Waals surface area contributed by atoms with Crippen molar-refractivity contribution in [2.45, 2.75) is 38.3 Å².